The van der Waals surface area contributed by atoms with Gasteiger partial charge in [0.05, 0.1) is 0 Å². The molecule has 0 aromatic heterocycles. The van der Waals surface area contributed by atoms with Crippen LogP contribution >= 0.6 is 0 Å². The van der Waals surface area contributed by atoms with E-state index >= 15 is 0 Å². The maximum atomic E-state index is 12.8. The number of esters is 3. The average molecular weight is 1060 g/mol. The Balaban J connectivity index is 4.09. The molecule has 0 bridgehead atoms. The quantitative estimate of drug-likeness (QED) is 0.0261. The standard InChI is InChI=1S/C70H122O6/c1-4-7-10-13-16-19-22-24-26-27-28-29-30-31-32-33-34-35-36-37-38-39-40-41-42-43-45-46-48-51-54-57-60-63-69(72)75-66-67(65-74-68(71)62-59-56-53-50-21-18-15-12-9-6-3)76-70(73)64-61-58-55-52-49-47-44-25-23-20-17-14-11-8-5-2/h7,10,16-17,19-20,24-26,28-29,31-32,44,67H,4-6,8-9,11-15,18,21-23,27,30,33-43,45-66H2,1-3H3/b10-7-,19-16-,20-17-,26-24-,29-28-,32-31-,44-25-. The Labute approximate surface area is 471 Å². The molecule has 0 fully saturated rings. The predicted molar refractivity (Wildman–Crippen MR) is 330 cm³/mol. The predicted octanol–water partition coefficient (Wildman–Crippen LogP) is 22.3. The van der Waals surface area contributed by atoms with Crippen LogP contribution in [0.3, 0.4) is 0 Å². The fourth-order valence-electron chi connectivity index (χ4n) is 9.27. The number of carbonyl (C=O) groups is 3. The van der Waals surface area contributed by atoms with E-state index in [-0.39, 0.29) is 31.1 Å². The maximum Gasteiger partial charge on any atom is 0.306 e. The monoisotopic (exact) mass is 1060 g/mol. The second-order valence-electron chi connectivity index (χ2n) is 21.6. The molecule has 0 heterocycles. The molecule has 6 heteroatoms. The highest BCUT2D eigenvalue weighted by Crippen LogP contribution is 2.17. The minimum atomic E-state index is -0.780. The van der Waals surface area contributed by atoms with E-state index in [1.165, 1.54) is 167 Å². The molecule has 0 rings (SSSR count). The molecule has 0 saturated heterocycles. The molecule has 0 saturated carbocycles. The zero-order valence-corrected chi connectivity index (χ0v) is 50.3. The summed E-state index contributed by atoms with van der Waals surface area (Å²) in [5.74, 6) is -0.879. The van der Waals surface area contributed by atoms with Gasteiger partial charge >= 0.3 is 17.9 Å². The van der Waals surface area contributed by atoms with Crippen LogP contribution in [0.4, 0.5) is 0 Å². The van der Waals surface area contributed by atoms with E-state index < -0.39 is 6.10 Å². The highest BCUT2D eigenvalue weighted by atomic mass is 16.6. The summed E-state index contributed by atoms with van der Waals surface area (Å²) >= 11 is 0. The molecule has 0 spiro atoms. The maximum absolute atomic E-state index is 12.8. The van der Waals surface area contributed by atoms with Gasteiger partial charge in [0.15, 0.2) is 6.10 Å². The molecule has 76 heavy (non-hydrogen) atoms. The molecular formula is C70H122O6. The lowest BCUT2D eigenvalue weighted by Gasteiger charge is -2.18. The minimum Gasteiger partial charge on any atom is -0.462 e. The van der Waals surface area contributed by atoms with E-state index in [9.17, 15) is 14.4 Å². The molecule has 1 unspecified atom stereocenters. The molecule has 0 aromatic carbocycles. The van der Waals surface area contributed by atoms with Crippen LogP contribution in [0.15, 0.2) is 85.1 Å². The van der Waals surface area contributed by atoms with Crippen LogP contribution in [0, 0.1) is 0 Å². The molecule has 0 aliphatic rings. The van der Waals surface area contributed by atoms with Crippen molar-refractivity contribution in [3.63, 3.8) is 0 Å². The van der Waals surface area contributed by atoms with Gasteiger partial charge < -0.3 is 14.2 Å². The molecule has 438 valence electrons. The summed E-state index contributed by atoms with van der Waals surface area (Å²) in [6.45, 7) is 6.50. The Morgan fingerprint density at radius 2 is 0.513 bits per heavy atom. The third-order valence-electron chi connectivity index (χ3n) is 14.1. The van der Waals surface area contributed by atoms with Crippen molar-refractivity contribution in [2.75, 3.05) is 13.2 Å². The van der Waals surface area contributed by atoms with Crippen molar-refractivity contribution in [1.82, 2.24) is 0 Å². The number of ether oxygens (including phenoxy) is 3. The fraction of sp³-hybridized carbons (Fsp3) is 0.757. The Morgan fingerprint density at radius 3 is 0.829 bits per heavy atom. The van der Waals surface area contributed by atoms with Crippen molar-refractivity contribution >= 4 is 17.9 Å². The summed E-state index contributed by atoms with van der Waals surface area (Å²) in [7, 11) is 0. The van der Waals surface area contributed by atoms with E-state index in [2.05, 4.69) is 106 Å². The normalized spacial score (nSPS) is 12.6. The lowest BCUT2D eigenvalue weighted by molar-refractivity contribution is -0.167. The largest absolute Gasteiger partial charge is 0.462 e. The third-order valence-corrected chi connectivity index (χ3v) is 14.1. The number of allylic oxidation sites excluding steroid dienone is 14. The van der Waals surface area contributed by atoms with E-state index in [0.29, 0.717) is 19.3 Å². The van der Waals surface area contributed by atoms with Crippen LogP contribution in [-0.4, -0.2) is 37.2 Å². The Kier molecular flexibility index (Phi) is 61.2. The second-order valence-corrected chi connectivity index (χ2v) is 21.6. The zero-order valence-electron chi connectivity index (χ0n) is 50.3. The number of unbranched alkanes of at least 4 members (excludes halogenated alkanes) is 34. The van der Waals surface area contributed by atoms with Gasteiger partial charge in [-0.15, -0.1) is 0 Å². The van der Waals surface area contributed by atoms with Crippen LogP contribution < -0.4 is 0 Å². The van der Waals surface area contributed by atoms with Gasteiger partial charge in [-0.1, -0.05) is 292 Å². The van der Waals surface area contributed by atoms with Gasteiger partial charge in [0.25, 0.3) is 0 Å². The fourth-order valence-corrected chi connectivity index (χ4v) is 9.27. The number of rotatable bonds is 59. The van der Waals surface area contributed by atoms with Crippen molar-refractivity contribution in [3.05, 3.63) is 85.1 Å². The van der Waals surface area contributed by atoms with E-state index in [1.54, 1.807) is 0 Å². The highest BCUT2D eigenvalue weighted by molar-refractivity contribution is 5.71. The second kappa shape index (κ2) is 64.1. The Bertz CT molecular complexity index is 1450. The molecular weight excluding hydrogens is 937 g/mol. The molecule has 0 aromatic rings. The average Bonchev–Trinajstić information content (AvgIpc) is 3.42. The molecule has 0 N–H and O–H groups in total. The van der Waals surface area contributed by atoms with Crippen LogP contribution in [0.25, 0.3) is 0 Å². The summed E-state index contributed by atoms with van der Waals surface area (Å²) in [5.41, 5.74) is 0. The van der Waals surface area contributed by atoms with E-state index in [0.717, 1.165) is 116 Å². The Morgan fingerprint density at radius 1 is 0.276 bits per heavy atom. The third kappa shape index (κ3) is 61.4. The van der Waals surface area contributed by atoms with Gasteiger partial charge in [-0.3, -0.25) is 14.4 Å². The first-order valence-corrected chi connectivity index (χ1v) is 32.6. The molecule has 6 nitrogen and oxygen atoms in total. The van der Waals surface area contributed by atoms with Gasteiger partial charge in [0, 0.05) is 19.3 Å². The summed E-state index contributed by atoms with van der Waals surface area (Å²) in [6, 6.07) is 0. The smallest absolute Gasteiger partial charge is 0.306 e. The van der Waals surface area contributed by atoms with Crippen LogP contribution in [0.1, 0.15) is 323 Å². The summed E-state index contributed by atoms with van der Waals surface area (Å²) in [4.78, 5) is 38.2. The number of hydrogen-bond acceptors (Lipinski definition) is 6. The summed E-state index contributed by atoms with van der Waals surface area (Å²) in [6.07, 6.45) is 84.7. The molecule has 1 atom stereocenters. The molecule has 0 aliphatic heterocycles. The van der Waals surface area contributed by atoms with Crippen LogP contribution in [-0.2, 0) is 28.6 Å². The first-order chi connectivity index (χ1) is 37.5. The lowest BCUT2D eigenvalue weighted by Crippen LogP contribution is -2.30. The molecule has 0 radical (unpaired) electrons. The van der Waals surface area contributed by atoms with Gasteiger partial charge in [-0.25, -0.2) is 0 Å². The zero-order chi connectivity index (χ0) is 55.0. The van der Waals surface area contributed by atoms with Crippen molar-refractivity contribution < 1.29 is 28.6 Å². The lowest BCUT2D eigenvalue weighted by atomic mass is 10.0. The van der Waals surface area contributed by atoms with Gasteiger partial charge in [0.1, 0.15) is 13.2 Å². The van der Waals surface area contributed by atoms with E-state index in [1.807, 2.05) is 0 Å². The highest BCUT2D eigenvalue weighted by Gasteiger charge is 2.19. The van der Waals surface area contributed by atoms with Gasteiger partial charge in [0.2, 0.25) is 0 Å². The van der Waals surface area contributed by atoms with Gasteiger partial charge in [-0.2, -0.15) is 0 Å². The summed E-state index contributed by atoms with van der Waals surface area (Å²) in [5, 5.41) is 0. The number of hydrogen-bond donors (Lipinski definition) is 0. The van der Waals surface area contributed by atoms with Crippen LogP contribution in [0.2, 0.25) is 0 Å². The van der Waals surface area contributed by atoms with Crippen molar-refractivity contribution in [1.29, 1.82) is 0 Å². The topological polar surface area (TPSA) is 78.9 Å². The van der Waals surface area contributed by atoms with Gasteiger partial charge in [-0.05, 0) is 96.3 Å². The summed E-state index contributed by atoms with van der Waals surface area (Å²) < 4.78 is 16.9. The minimum absolute atomic E-state index is 0.0773. The first-order valence-electron chi connectivity index (χ1n) is 32.6. The van der Waals surface area contributed by atoms with E-state index in [4.69, 9.17) is 14.2 Å². The Hall–Kier alpha value is -3.41. The van der Waals surface area contributed by atoms with Crippen molar-refractivity contribution in [2.24, 2.45) is 0 Å². The van der Waals surface area contributed by atoms with Crippen molar-refractivity contribution in [3.8, 4) is 0 Å². The van der Waals surface area contributed by atoms with Crippen molar-refractivity contribution in [2.45, 2.75) is 329 Å². The molecule has 0 aliphatic carbocycles. The molecule has 0 amide bonds. The van der Waals surface area contributed by atoms with Crippen LogP contribution in [0.5, 0.6) is 0 Å². The first kappa shape index (κ1) is 72.6. The SMILES string of the molecule is CC/C=C\C/C=C\C/C=C\C/C=C\C/C=C\CCCCCCCCCCCCCCCCCCCC(=O)OCC(COC(=O)CCCCCCCCCCCC)OC(=O)CCCCCCC/C=C\C/C=C\CCCCC. The number of carbonyl (C=O) groups excluding carboxylic acids is 3.